The zero-order valence-corrected chi connectivity index (χ0v) is 15.5. The fourth-order valence-corrected chi connectivity index (χ4v) is 3.00. The minimum Gasteiger partial charge on any atom is -0.480 e. The van der Waals surface area contributed by atoms with Crippen LogP contribution in [0.15, 0.2) is 24.3 Å². The molecule has 0 bridgehead atoms. The molecule has 1 aliphatic heterocycles. The summed E-state index contributed by atoms with van der Waals surface area (Å²) in [4.78, 5) is 37.4. The number of hydrogen-bond donors (Lipinski definition) is 2. The van der Waals surface area contributed by atoms with E-state index in [9.17, 15) is 19.5 Å². The highest BCUT2D eigenvalue weighted by Gasteiger charge is 2.38. The first-order valence-corrected chi connectivity index (χ1v) is 8.88. The van der Waals surface area contributed by atoms with Crippen molar-refractivity contribution in [3.05, 3.63) is 34.9 Å². The van der Waals surface area contributed by atoms with Crippen LogP contribution in [0.2, 0.25) is 5.02 Å². The van der Waals surface area contributed by atoms with Crippen molar-refractivity contribution in [2.75, 3.05) is 6.54 Å². The number of carboxylic acids is 1. The van der Waals surface area contributed by atoms with E-state index in [0.29, 0.717) is 24.4 Å². The molecule has 0 spiro atoms. The second-order valence-electron chi connectivity index (χ2n) is 6.60. The van der Waals surface area contributed by atoms with Gasteiger partial charge in [-0.25, -0.2) is 9.59 Å². The standard InChI is InChI=1S/C18H23ClN2O5/c1-11(2)15(16(22)21-9-3-4-14(21)17(23)24)20-18(25)26-10-12-5-7-13(19)8-6-12/h5-8,11,14-15H,3-4,9-10H2,1-2H3,(H,20,25)(H,23,24)/t14-,15?/m0/s1. The van der Waals surface area contributed by atoms with Crippen LogP contribution in [0.4, 0.5) is 4.79 Å². The van der Waals surface area contributed by atoms with Gasteiger partial charge in [-0.3, -0.25) is 4.79 Å². The van der Waals surface area contributed by atoms with E-state index in [1.54, 1.807) is 38.1 Å². The Labute approximate surface area is 157 Å². The van der Waals surface area contributed by atoms with Crippen LogP contribution in [0.5, 0.6) is 0 Å². The molecular weight excluding hydrogens is 360 g/mol. The molecule has 2 atom stereocenters. The molecule has 1 aromatic carbocycles. The first-order valence-electron chi connectivity index (χ1n) is 8.50. The molecule has 8 heteroatoms. The molecule has 0 saturated carbocycles. The van der Waals surface area contributed by atoms with E-state index in [1.807, 2.05) is 0 Å². The molecule has 0 aliphatic carbocycles. The van der Waals surface area contributed by atoms with Crippen molar-refractivity contribution in [2.24, 2.45) is 5.92 Å². The molecular formula is C18H23ClN2O5. The molecule has 0 radical (unpaired) electrons. The van der Waals surface area contributed by atoms with E-state index >= 15 is 0 Å². The zero-order valence-electron chi connectivity index (χ0n) is 14.8. The number of nitrogens with zero attached hydrogens (tertiary/aromatic N) is 1. The summed E-state index contributed by atoms with van der Waals surface area (Å²) in [6.45, 7) is 3.99. The summed E-state index contributed by atoms with van der Waals surface area (Å²) >= 11 is 5.81. The molecule has 1 fully saturated rings. The number of hydrogen-bond acceptors (Lipinski definition) is 4. The quantitative estimate of drug-likeness (QED) is 0.788. The lowest BCUT2D eigenvalue weighted by Crippen LogP contribution is -2.53. The Kier molecular flexibility index (Phi) is 6.85. The van der Waals surface area contributed by atoms with Gasteiger partial charge in [0, 0.05) is 11.6 Å². The van der Waals surface area contributed by atoms with E-state index in [-0.39, 0.29) is 12.5 Å². The Morgan fingerprint density at radius 2 is 1.96 bits per heavy atom. The number of halogens is 1. The van der Waals surface area contributed by atoms with Crippen LogP contribution in [0.25, 0.3) is 0 Å². The molecule has 26 heavy (non-hydrogen) atoms. The highest BCUT2D eigenvalue weighted by atomic mass is 35.5. The summed E-state index contributed by atoms with van der Waals surface area (Å²) in [5.74, 6) is -1.63. The molecule has 1 unspecified atom stereocenters. The lowest BCUT2D eigenvalue weighted by molar-refractivity contribution is -0.149. The molecule has 2 N–H and O–H groups in total. The average Bonchev–Trinajstić information content (AvgIpc) is 3.08. The topological polar surface area (TPSA) is 95.9 Å². The summed E-state index contributed by atoms with van der Waals surface area (Å²) in [5, 5.41) is 12.4. The molecule has 1 aliphatic rings. The van der Waals surface area contributed by atoms with Gasteiger partial charge < -0.3 is 20.1 Å². The third kappa shape index (κ3) is 5.11. The fraction of sp³-hybridized carbons (Fsp3) is 0.500. The number of nitrogens with one attached hydrogen (secondary N) is 1. The molecule has 7 nitrogen and oxygen atoms in total. The van der Waals surface area contributed by atoms with Crippen LogP contribution in [-0.2, 0) is 20.9 Å². The first-order chi connectivity index (χ1) is 12.3. The Hall–Kier alpha value is -2.28. The smallest absolute Gasteiger partial charge is 0.408 e. The summed E-state index contributed by atoms with van der Waals surface area (Å²) in [6.07, 6.45) is 0.333. The van der Waals surface area contributed by atoms with Gasteiger partial charge in [-0.15, -0.1) is 0 Å². The highest BCUT2D eigenvalue weighted by Crippen LogP contribution is 2.20. The molecule has 142 valence electrons. The number of carboxylic acid groups (broad SMARTS) is 1. The second kappa shape index (κ2) is 8.89. The van der Waals surface area contributed by atoms with E-state index in [0.717, 1.165) is 5.56 Å². The maximum Gasteiger partial charge on any atom is 0.408 e. The molecule has 2 rings (SSSR count). The number of likely N-dealkylation sites (tertiary alicyclic amines) is 1. The number of aliphatic carboxylic acids is 1. The monoisotopic (exact) mass is 382 g/mol. The van der Waals surface area contributed by atoms with Crippen LogP contribution in [0.1, 0.15) is 32.3 Å². The van der Waals surface area contributed by atoms with Gasteiger partial charge in [-0.2, -0.15) is 0 Å². The van der Waals surface area contributed by atoms with E-state index < -0.39 is 30.1 Å². The van der Waals surface area contributed by atoms with Crippen LogP contribution in [0.3, 0.4) is 0 Å². The minimum absolute atomic E-state index is 0.0451. The van der Waals surface area contributed by atoms with Gasteiger partial charge in [0.25, 0.3) is 0 Å². The normalized spacial score (nSPS) is 17.8. The lowest BCUT2D eigenvalue weighted by atomic mass is 10.0. The third-order valence-electron chi connectivity index (χ3n) is 4.31. The summed E-state index contributed by atoms with van der Waals surface area (Å²) in [6, 6.07) is 5.18. The average molecular weight is 383 g/mol. The van der Waals surface area contributed by atoms with Crippen molar-refractivity contribution in [3.63, 3.8) is 0 Å². The van der Waals surface area contributed by atoms with Crippen molar-refractivity contribution in [1.29, 1.82) is 0 Å². The first kappa shape index (κ1) is 20.0. The maximum atomic E-state index is 12.7. The summed E-state index contributed by atoms with van der Waals surface area (Å²) in [7, 11) is 0. The SMILES string of the molecule is CC(C)C(NC(=O)OCc1ccc(Cl)cc1)C(=O)N1CCC[C@H]1C(=O)O. The van der Waals surface area contributed by atoms with Crippen molar-refractivity contribution in [3.8, 4) is 0 Å². The number of alkyl carbamates (subject to hydrolysis) is 1. The van der Waals surface area contributed by atoms with Crippen LogP contribution < -0.4 is 5.32 Å². The van der Waals surface area contributed by atoms with Gasteiger partial charge in [-0.05, 0) is 36.5 Å². The Morgan fingerprint density at radius 1 is 1.31 bits per heavy atom. The predicted octanol–water partition coefficient (Wildman–Crippen LogP) is 2.67. The molecule has 1 saturated heterocycles. The highest BCUT2D eigenvalue weighted by molar-refractivity contribution is 6.30. The number of ether oxygens (including phenoxy) is 1. The Bertz CT molecular complexity index is 662. The van der Waals surface area contributed by atoms with Crippen LogP contribution >= 0.6 is 11.6 Å². The zero-order chi connectivity index (χ0) is 19.3. The Morgan fingerprint density at radius 3 is 2.54 bits per heavy atom. The molecule has 1 aromatic rings. The van der Waals surface area contributed by atoms with Crippen molar-refractivity contribution in [2.45, 2.75) is 45.4 Å². The Balaban J connectivity index is 1.96. The number of rotatable bonds is 6. The van der Waals surface area contributed by atoms with Gasteiger partial charge >= 0.3 is 12.1 Å². The van der Waals surface area contributed by atoms with Gasteiger partial charge in [-0.1, -0.05) is 37.6 Å². The number of carbonyl (C=O) groups excluding carboxylic acids is 2. The second-order valence-corrected chi connectivity index (χ2v) is 7.03. The third-order valence-corrected chi connectivity index (χ3v) is 4.56. The van der Waals surface area contributed by atoms with E-state index in [2.05, 4.69) is 5.32 Å². The number of amides is 2. The van der Waals surface area contributed by atoms with Crippen molar-refractivity contribution in [1.82, 2.24) is 10.2 Å². The number of benzene rings is 1. The summed E-state index contributed by atoms with van der Waals surface area (Å²) in [5.41, 5.74) is 0.766. The maximum absolute atomic E-state index is 12.7. The molecule has 0 aromatic heterocycles. The molecule has 1 heterocycles. The van der Waals surface area contributed by atoms with Gasteiger partial charge in [0.15, 0.2) is 0 Å². The van der Waals surface area contributed by atoms with Gasteiger partial charge in [0.1, 0.15) is 18.7 Å². The van der Waals surface area contributed by atoms with Crippen molar-refractivity contribution < 1.29 is 24.2 Å². The van der Waals surface area contributed by atoms with Crippen LogP contribution in [-0.4, -0.2) is 46.6 Å². The fourth-order valence-electron chi connectivity index (χ4n) is 2.88. The largest absolute Gasteiger partial charge is 0.480 e. The predicted molar refractivity (Wildman–Crippen MR) is 95.8 cm³/mol. The van der Waals surface area contributed by atoms with E-state index in [4.69, 9.17) is 16.3 Å². The lowest BCUT2D eigenvalue weighted by Gasteiger charge is -2.29. The minimum atomic E-state index is -1.02. The summed E-state index contributed by atoms with van der Waals surface area (Å²) < 4.78 is 5.16. The van der Waals surface area contributed by atoms with Gasteiger partial charge in [0.2, 0.25) is 5.91 Å². The van der Waals surface area contributed by atoms with Gasteiger partial charge in [0.05, 0.1) is 0 Å². The molecule has 2 amide bonds. The van der Waals surface area contributed by atoms with Crippen molar-refractivity contribution >= 4 is 29.6 Å². The van der Waals surface area contributed by atoms with E-state index in [1.165, 1.54) is 4.90 Å². The van der Waals surface area contributed by atoms with Crippen LogP contribution in [0, 0.1) is 5.92 Å². The number of carbonyl (C=O) groups is 3.